The molecule has 1 heterocycles. The quantitative estimate of drug-likeness (QED) is 0.589. The topological polar surface area (TPSA) is 58.6 Å². The molecule has 3 aromatic rings. The van der Waals surface area contributed by atoms with E-state index in [4.69, 9.17) is 4.74 Å². The first kappa shape index (κ1) is 21.6. The highest BCUT2D eigenvalue weighted by Gasteiger charge is 2.41. The number of amides is 2. The number of carbonyl (C=O) groups is 2. The molecule has 164 valence electrons. The van der Waals surface area contributed by atoms with Gasteiger partial charge in [-0.25, -0.2) is 0 Å². The Hall–Kier alpha value is -3.60. The molecule has 0 radical (unpaired) electrons. The van der Waals surface area contributed by atoms with Crippen molar-refractivity contribution in [3.8, 4) is 5.75 Å². The van der Waals surface area contributed by atoms with Gasteiger partial charge >= 0.3 is 0 Å². The van der Waals surface area contributed by atoms with Crippen LogP contribution in [0.5, 0.6) is 5.75 Å². The molecule has 0 saturated carbocycles. The monoisotopic (exact) mass is 428 g/mol. The number of nitrogens with one attached hydrogen (secondary N) is 1. The summed E-state index contributed by atoms with van der Waals surface area (Å²) in [5.74, 6) is 0.286. The molecule has 2 amide bonds. The lowest BCUT2D eigenvalue weighted by molar-refractivity contribution is -0.125. The van der Waals surface area contributed by atoms with Crippen LogP contribution in [0.4, 0.5) is 11.4 Å². The minimum absolute atomic E-state index is 0.0137. The van der Waals surface area contributed by atoms with E-state index in [0.717, 1.165) is 33.8 Å². The number of methoxy groups -OCH3 is 1. The molecule has 4 rings (SSSR count). The van der Waals surface area contributed by atoms with Gasteiger partial charge in [-0.05, 0) is 67.3 Å². The summed E-state index contributed by atoms with van der Waals surface area (Å²) in [4.78, 5) is 28.4. The highest BCUT2D eigenvalue weighted by molar-refractivity contribution is 6.00. The third kappa shape index (κ3) is 4.24. The van der Waals surface area contributed by atoms with Crippen LogP contribution in [0.3, 0.4) is 0 Å². The van der Waals surface area contributed by atoms with Crippen LogP contribution in [0.25, 0.3) is 0 Å². The van der Waals surface area contributed by atoms with E-state index < -0.39 is 6.04 Å². The lowest BCUT2D eigenvalue weighted by Gasteiger charge is -2.41. The molecule has 1 N–H and O–H groups in total. The molecule has 32 heavy (non-hydrogen) atoms. The molecule has 5 heteroatoms. The third-order valence-corrected chi connectivity index (χ3v) is 6.29. The van der Waals surface area contributed by atoms with Crippen molar-refractivity contribution in [1.82, 2.24) is 0 Å². The van der Waals surface area contributed by atoms with Crippen LogP contribution in [-0.2, 0) is 9.59 Å². The average Bonchev–Trinajstić information content (AvgIpc) is 2.82. The number of anilines is 2. The van der Waals surface area contributed by atoms with Crippen molar-refractivity contribution in [3.63, 3.8) is 0 Å². The Morgan fingerprint density at radius 3 is 2.38 bits per heavy atom. The number of nitrogens with zero attached hydrogens (tertiary/aromatic N) is 1. The van der Waals surface area contributed by atoms with Crippen molar-refractivity contribution >= 4 is 23.2 Å². The van der Waals surface area contributed by atoms with E-state index in [1.807, 2.05) is 86.6 Å². The van der Waals surface area contributed by atoms with Gasteiger partial charge in [0.05, 0.1) is 19.1 Å². The summed E-state index contributed by atoms with van der Waals surface area (Å²) in [5.41, 5.74) is 4.69. The van der Waals surface area contributed by atoms with Crippen LogP contribution in [0.2, 0.25) is 0 Å². The van der Waals surface area contributed by atoms with E-state index in [-0.39, 0.29) is 17.7 Å². The lowest BCUT2D eigenvalue weighted by Crippen LogP contribution is -2.47. The summed E-state index contributed by atoms with van der Waals surface area (Å²) >= 11 is 0. The van der Waals surface area contributed by atoms with Gasteiger partial charge in [0, 0.05) is 17.8 Å². The van der Waals surface area contributed by atoms with Crippen LogP contribution in [-0.4, -0.2) is 18.9 Å². The summed E-state index contributed by atoms with van der Waals surface area (Å²) in [5, 5.41) is 3.13. The van der Waals surface area contributed by atoms with Gasteiger partial charge < -0.3 is 15.0 Å². The van der Waals surface area contributed by atoms with Gasteiger partial charge in [0.15, 0.2) is 0 Å². The normalized spacial score (nSPS) is 18.3. The van der Waals surface area contributed by atoms with Crippen LogP contribution in [0.1, 0.15) is 35.6 Å². The SMILES string of the molecule is COc1ccc(N2C(=O)CC[C@@H](C(=O)Nc3cccc(C)c3C)[C@H]2c2ccccc2)cc1. The molecule has 1 aliphatic heterocycles. The molecule has 1 aliphatic rings. The zero-order valence-electron chi connectivity index (χ0n) is 18.7. The standard InChI is InChI=1S/C27H28N2O3/c1-18-8-7-11-24(19(18)2)28-27(31)23-16-17-25(30)29(21-12-14-22(32-3)15-13-21)26(23)20-9-5-4-6-10-20/h4-15,23,26H,16-17H2,1-3H3,(H,28,31)/t23-,26-/m1/s1. The number of hydrogen-bond donors (Lipinski definition) is 1. The summed E-state index contributed by atoms with van der Waals surface area (Å²) < 4.78 is 5.27. The summed E-state index contributed by atoms with van der Waals surface area (Å²) in [6, 6.07) is 22.7. The fourth-order valence-corrected chi connectivity index (χ4v) is 4.36. The first-order valence-electron chi connectivity index (χ1n) is 10.9. The van der Waals surface area contributed by atoms with Crippen molar-refractivity contribution in [2.45, 2.75) is 32.7 Å². The Labute approximate surface area is 189 Å². The number of aryl methyl sites for hydroxylation is 1. The molecular formula is C27H28N2O3. The predicted octanol–water partition coefficient (Wildman–Crippen LogP) is 5.44. The van der Waals surface area contributed by atoms with E-state index >= 15 is 0 Å². The predicted molar refractivity (Wildman–Crippen MR) is 127 cm³/mol. The van der Waals surface area contributed by atoms with Crippen LogP contribution in [0.15, 0.2) is 72.8 Å². The van der Waals surface area contributed by atoms with Crippen molar-refractivity contribution in [1.29, 1.82) is 0 Å². The number of piperidine rings is 1. The molecule has 1 saturated heterocycles. The molecule has 0 aliphatic carbocycles. The Bertz CT molecular complexity index is 1110. The number of carbonyl (C=O) groups excluding carboxylic acids is 2. The molecule has 2 atom stereocenters. The Morgan fingerprint density at radius 2 is 1.69 bits per heavy atom. The molecule has 1 fully saturated rings. The van der Waals surface area contributed by atoms with Crippen LogP contribution in [0, 0.1) is 19.8 Å². The van der Waals surface area contributed by atoms with E-state index in [1.165, 1.54) is 0 Å². The molecule has 0 unspecified atom stereocenters. The van der Waals surface area contributed by atoms with Gasteiger partial charge in [0.2, 0.25) is 11.8 Å². The van der Waals surface area contributed by atoms with Gasteiger partial charge in [0.25, 0.3) is 0 Å². The molecular weight excluding hydrogens is 400 g/mol. The number of rotatable bonds is 5. The Morgan fingerprint density at radius 1 is 0.969 bits per heavy atom. The zero-order valence-corrected chi connectivity index (χ0v) is 18.7. The number of ether oxygens (including phenoxy) is 1. The zero-order chi connectivity index (χ0) is 22.7. The maximum Gasteiger partial charge on any atom is 0.229 e. The van der Waals surface area contributed by atoms with Crippen molar-refractivity contribution in [3.05, 3.63) is 89.5 Å². The fourth-order valence-electron chi connectivity index (χ4n) is 4.36. The molecule has 0 spiro atoms. The highest BCUT2D eigenvalue weighted by Crippen LogP contribution is 2.41. The Balaban J connectivity index is 1.72. The number of hydrogen-bond acceptors (Lipinski definition) is 3. The second kappa shape index (κ2) is 9.27. The molecule has 0 aromatic heterocycles. The smallest absolute Gasteiger partial charge is 0.229 e. The maximum atomic E-state index is 13.5. The second-order valence-corrected chi connectivity index (χ2v) is 8.20. The minimum Gasteiger partial charge on any atom is -0.497 e. The van der Waals surface area contributed by atoms with E-state index in [1.54, 1.807) is 12.0 Å². The number of benzene rings is 3. The van der Waals surface area contributed by atoms with Crippen LogP contribution >= 0.6 is 0 Å². The van der Waals surface area contributed by atoms with Crippen molar-refractivity contribution in [2.75, 3.05) is 17.3 Å². The first-order chi connectivity index (χ1) is 15.5. The highest BCUT2D eigenvalue weighted by atomic mass is 16.5. The van der Waals surface area contributed by atoms with Crippen molar-refractivity contribution in [2.24, 2.45) is 5.92 Å². The molecule has 3 aromatic carbocycles. The van der Waals surface area contributed by atoms with Crippen LogP contribution < -0.4 is 15.0 Å². The van der Waals surface area contributed by atoms with E-state index in [2.05, 4.69) is 5.32 Å². The molecule has 0 bridgehead atoms. The molecule has 5 nitrogen and oxygen atoms in total. The van der Waals surface area contributed by atoms with Gasteiger partial charge in [-0.1, -0.05) is 42.5 Å². The maximum absolute atomic E-state index is 13.5. The minimum atomic E-state index is -0.393. The summed E-state index contributed by atoms with van der Waals surface area (Å²) in [7, 11) is 1.61. The van der Waals surface area contributed by atoms with Gasteiger partial charge in [-0.3, -0.25) is 9.59 Å². The van der Waals surface area contributed by atoms with Gasteiger partial charge in [0.1, 0.15) is 5.75 Å². The van der Waals surface area contributed by atoms with Gasteiger partial charge in [-0.15, -0.1) is 0 Å². The summed E-state index contributed by atoms with van der Waals surface area (Å²) in [6.45, 7) is 4.04. The van der Waals surface area contributed by atoms with E-state index in [0.29, 0.717) is 12.8 Å². The second-order valence-electron chi connectivity index (χ2n) is 8.20. The summed E-state index contributed by atoms with van der Waals surface area (Å²) in [6.07, 6.45) is 0.821. The van der Waals surface area contributed by atoms with Crippen molar-refractivity contribution < 1.29 is 14.3 Å². The van der Waals surface area contributed by atoms with Gasteiger partial charge in [-0.2, -0.15) is 0 Å². The fraction of sp³-hybridized carbons (Fsp3) is 0.259. The lowest BCUT2D eigenvalue weighted by atomic mass is 9.83. The third-order valence-electron chi connectivity index (χ3n) is 6.29. The first-order valence-corrected chi connectivity index (χ1v) is 10.9. The van der Waals surface area contributed by atoms with E-state index in [9.17, 15) is 9.59 Å². The largest absolute Gasteiger partial charge is 0.497 e. The average molecular weight is 429 g/mol. The Kier molecular flexibility index (Phi) is 6.26.